The van der Waals surface area contributed by atoms with Gasteiger partial charge >= 0.3 is 0 Å². The number of fused-ring (bicyclic) bond motifs is 1. The summed E-state index contributed by atoms with van der Waals surface area (Å²) in [6.45, 7) is 0.779. The van der Waals surface area contributed by atoms with Crippen LogP contribution in [0.4, 0.5) is 5.69 Å². The van der Waals surface area contributed by atoms with Gasteiger partial charge in [-0.2, -0.15) is 0 Å². The molecule has 2 aromatic rings. The molecule has 0 unspecified atom stereocenters. The predicted molar refractivity (Wildman–Crippen MR) is 99.7 cm³/mol. The number of ether oxygens (including phenoxy) is 2. The minimum Gasteiger partial charge on any atom is -0.454 e. The average Bonchev–Trinajstić information content (AvgIpc) is 3.26. The Kier molecular flexibility index (Phi) is 4.71. The van der Waals surface area contributed by atoms with Crippen molar-refractivity contribution in [3.8, 4) is 11.5 Å². The minimum absolute atomic E-state index is 0.0513. The van der Waals surface area contributed by atoms with Crippen molar-refractivity contribution in [3.05, 3.63) is 47.5 Å². The van der Waals surface area contributed by atoms with Gasteiger partial charge in [0.05, 0.1) is 4.90 Å². The van der Waals surface area contributed by atoms with Crippen LogP contribution in [0.2, 0.25) is 5.02 Å². The molecule has 27 heavy (non-hydrogen) atoms. The maximum Gasteiger partial charge on any atom is 0.240 e. The number of rotatable bonds is 5. The summed E-state index contributed by atoms with van der Waals surface area (Å²) < 4.78 is 38.0. The SMILES string of the molecule is O=C1C[C@@H](CNS(=O)(=O)c2ccc(Cl)cc2)CN1c1ccc2c(c1)OCO2. The summed E-state index contributed by atoms with van der Waals surface area (Å²) in [4.78, 5) is 14.2. The lowest BCUT2D eigenvalue weighted by Crippen LogP contribution is -2.31. The number of carbonyl (C=O) groups is 1. The Labute approximate surface area is 161 Å². The predicted octanol–water partition coefficient (Wildman–Crippen LogP) is 2.40. The summed E-state index contributed by atoms with van der Waals surface area (Å²) in [5, 5.41) is 0.467. The van der Waals surface area contributed by atoms with E-state index in [1.54, 1.807) is 23.1 Å². The maximum absolute atomic E-state index is 12.4. The monoisotopic (exact) mass is 408 g/mol. The van der Waals surface area contributed by atoms with Gasteiger partial charge in [-0.1, -0.05) is 11.6 Å². The zero-order chi connectivity index (χ0) is 19.0. The number of hydrogen-bond donors (Lipinski definition) is 1. The number of anilines is 1. The molecule has 142 valence electrons. The van der Waals surface area contributed by atoms with E-state index in [0.717, 1.165) is 0 Å². The molecule has 9 heteroatoms. The Bertz CT molecular complexity index is 978. The highest BCUT2D eigenvalue weighted by Crippen LogP contribution is 2.37. The molecule has 1 N–H and O–H groups in total. The van der Waals surface area contributed by atoms with Crippen LogP contribution in [0.1, 0.15) is 6.42 Å². The molecule has 1 amide bonds. The van der Waals surface area contributed by atoms with Crippen LogP contribution in [-0.2, 0) is 14.8 Å². The molecule has 0 bridgehead atoms. The van der Waals surface area contributed by atoms with E-state index in [0.29, 0.717) is 28.8 Å². The van der Waals surface area contributed by atoms with Gasteiger partial charge < -0.3 is 14.4 Å². The molecule has 0 spiro atoms. The normalized spacial score (nSPS) is 18.9. The van der Waals surface area contributed by atoms with Crippen LogP contribution >= 0.6 is 11.6 Å². The van der Waals surface area contributed by atoms with Crippen LogP contribution in [0.3, 0.4) is 0 Å². The third-order valence-electron chi connectivity index (χ3n) is 4.56. The van der Waals surface area contributed by atoms with E-state index >= 15 is 0 Å². The molecule has 2 aromatic carbocycles. The van der Waals surface area contributed by atoms with Crippen LogP contribution < -0.4 is 19.1 Å². The Morgan fingerprint density at radius 1 is 1.11 bits per heavy atom. The molecule has 0 saturated carbocycles. The quantitative estimate of drug-likeness (QED) is 0.821. The van der Waals surface area contributed by atoms with E-state index in [1.807, 2.05) is 0 Å². The Hall–Kier alpha value is -2.29. The van der Waals surface area contributed by atoms with Gasteiger partial charge in [-0.25, -0.2) is 13.1 Å². The van der Waals surface area contributed by atoms with Crippen LogP contribution in [0.5, 0.6) is 11.5 Å². The minimum atomic E-state index is -3.65. The Morgan fingerprint density at radius 2 is 1.85 bits per heavy atom. The number of halogens is 1. The molecule has 2 heterocycles. The number of benzene rings is 2. The topological polar surface area (TPSA) is 84.9 Å². The van der Waals surface area contributed by atoms with E-state index in [9.17, 15) is 13.2 Å². The molecule has 2 aliphatic heterocycles. The second kappa shape index (κ2) is 7.03. The van der Waals surface area contributed by atoms with E-state index in [4.69, 9.17) is 21.1 Å². The summed E-state index contributed by atoms with van der Waals surface area (Å²) in [7, 11) is -3.65. The summed E-state index contributed by atoms with van der Waals surface area (Å²) >= 11 is 5.79. The maximum atomic E-state index is 12.4. The van der Waals surface area contributed by atoms with Gasteiger partial charge in [0.1, 0.15) is 0 Å². The Morgan fingerprint density at radius 3 is 2.63 bits per heavy atom. The lowest BCUT2D eigenvalue weighted by atomic mass is 10.1. The number of amides is 1. The second-order valence-electron chi connectivity index (χ2n) is 6.42. The molecule has 1 atom stereocenters. The van der Waals surface area contributed by atoms with Crippen LogP contribution in [0.15, 0.2) is 47.4 Å². The van der Waals surface area contributed by atoms with Crippen LogP contribution in [0.25, 0.3) is 0 Å². The average molecular weight is 409 g/mol. The lowest BCUT2D eigenvalue weighted by molar-refractivity contribution is -0.117. The largest absolute Gasteiger partial charge is 0.454 e. The number of nitrogens with one attached hydrogen (secondary N) is 1. The summed E-state index contributed by atoms with van der Waals surface area (Å²) in [6.07, 6.45) is 0.275. The number of sulfonamides is 1. The van der Waals surface area contributed by atoms with Gasteiger partial charge in [0, 0.05) is 36.3 Å². The van der Waals surface area contributed by atoms with Crippen molar-refractivity contribution in [2.75, 3.05) is 24.8 Å². The number of hydrogen-bond acceptors (Lipinski definition) is 5. The molecule has 2 aliphatic rings. The van der Waals surface area contributed by atoms with Crippen molar-refractivity contribution in [1.29, 1.82) is 0 Å². The van der Waals surface area contributed by atoms with Gasteiger partial charge in [-0.3, -0.25) is 4.79 Å². The molecule has 0 aliphatic carbocycles. The number of nitrogens with zero attached hydrogens (tertiary/aromatic N) is 1. The molecule has 1 saturated heterocycles. The highest BCUT2D eigenvalue weighted by atomic mass is 35.5. The van der Waals surface area contributed by atoms with Crippen molar-refractivity contribution in [2.45, 2.75) is 11.3 Å². The van der Waals surface area contributed by atoms with E-state index in [2.05, 4.69) is 4.72 Å². The summed E-state index contributed by atoms with van der Waals surface area (Å²) in [5.41, 5.74) is 0.715. The first kappa shape index (κ1) is 18.1. The molecule has 1 fully saturated rings. The first-order valence-corrected chi connectivity index (χ1v) is 10.2. The molecule has 0 aromatic heterocycles. The molecular weight excluding hydrogens is 392 g/mol. The second-order valence-corrected chi connectivity index (χ2v) is 8.62. The standard InChI is InChI=1S/C18H17ClN2O5S/c19-13-1-4-15(5-2-13)27(23,24)20-9-12-7-18(22)21(10-12)14-3-6-16-17(8-14)26-11-25-16/h1-6,8,12,20H,7,9-11H2/t12-/m0/s1. The van der Waals surface area contributed by atoms with Crippen molar-refractivity contribution in [3.63, 3.8) is 0 Å². The number of carbonyl (C=O) groups excluding carboxylic acids is 1. The van der Waals surface area contributed by atoms with Crippen molar-refractivity contribution >= 4 is 33.2 Å². The summed E-state index contributed by atoms with van der Waals surface area (Å²) in [5.74, 6) is 1.08. The molecule has 0 radical (unpaired) electrons. The van der Waals surface area contributed by atoms with Gasteiger partial charge in [0.2, 0.25) is 22.7 Å². The zero-order valence-electron chi connectivity index (χ0n) is 14.2. The Balaban J connectivity index is 1.41. The fraction of sp³-hybridized carbons (Fsp3) is 0.278. The van der Waals surface area contributed by atoms with Crippen LogP contribution in [0, 0.1) is 5.92 Å². The van der Waals surface area contributed by atoms with Gasteiger partial charge in [-0.05, 0) is 42.3 Å². The molecule has 7 nitrogen and oxygen atoms in total. The highest BCUT2D eigenvalue weighted by molar-refractivity contribution is 7.89. The van der Waals surface area contributed by atoms with Crippen LogP contribution in [-0.4, -0.2) is 34.2 Å². The smallest absolute Gasteiger partial charge is 0.240 e. The third-order valence-corrected chi connectivity index (χ3v) is 6.25. The van der Waals surface area contributed by atoms with Crippen molar-refractivity contribution < 1.29 is 22.7 Å². The van der Waals surface area contributed by atoms with E-state index in [1.165, 1.54) is 24.3 Å². The van der Waals surface area contributed by atoms with Crippen molar-refractivity contribution in [1.82, 2.24) is 4.72 Å². The van der Waals surface area contributed by atoms with Gasteiger partial charge in [-0.15, -0.1) is 0 Å². The zero-order valence-corrected chi connectivity index (χ0v) is 15.8. The highest BCUT2D eigenvalue weighted by Gasteiger charge is 2.32. The molecular formula is C18H17ClN2O5S. The van der Waals surface area contributed by atoms with Gasteiger partial charge in [0.25, 0.3) is 0 Å². The lowest BCUT2D eigenvalue weighted by Gasteiger charge is -2.17. The van der Waals surface area contributed by atoms with Crippen molar-refractivity contribution in [2.24, 2.45) is 5.92 Å². The first-order chi connectivity index (χ1) is 12.9. The summed E-state index contributed by atoms with van der Waals surface area (Å²) in [6, 6.07) is 11.3. The van der Waals surface area contributed by atoms with E-state index < -0.39 is 10.0 Å². The fourth-order valence-electron chi connectivity index (χ4n) is 3.15. The first-order valence-electron chi connectivity index (χ1n) is 8.37. The third kappa shape index (κ3) is 3.73. The molecule has 4 rings (SSSR count). The van der Waals surface area contributed by atoms with E-state index in [-0.39, 0.29) is 36.5 Å². The fourth-order valence-corrected chi connectivity index (χ4v) is 4.39. The van der Waals surface area contributed by atoms with Gasteiger partial charge in [0.15, 0.2) is 11.5 Å².